The topological polar surface area (TPSA) is 123 Å². The number of amides is 1. The van der Waals surface area contributed by atoms with Gasteiger partial charge in [-0.15, -0.1) is 0 Å². The van der Waals surface area contributed by atoms with Crippen LogP contribution in [0.1, 0.15) is 10.4 Å². The number of carbonyl (C=O) groups excluding carboxylic acids is 1. The number of carboxylic acids is 1. The van der Waals surface area contributed by atoms with E-state index in [1.54, 1.807) is 51.6 Å². The Kier molecular flexibility index (Phi) is 7.96. The molecule has 0 radical (unpaired) electrons. The molecule has 1 amide bonds. The molecular weight excluding hydrogens is 436 g/mol. The molecule has 4 rings (SSSR count). The minimum absolute atomic E-state index is 0.331. The highest BCUT2D eigenvalue weighted by Gasteiger charge is 2.14. The summed E-state index contributed by atoms with van der Waals surface area (Å²) >= 11 is 0. The van der Waals surface area contributed by atoms with E-state index in [2.05, 4.69) is 20.6 Å². The van der Waals surface area contributed by atoms with Gasteiger partial charge in [0.25, 0.3) is 0 Å². The molecule has 3 aromatic carbocycles. The number of rotatable bonds is 7. The van der Waals surface area contributed by atoms with Gasteiger partial charge >= 0.3 is 5.97 Å². The Morgan fingerprint density at radius 2 is 1.65 bits per heavy atom. The van der Waals surface area contributed by atoms with Gasteiger partial charge in [-0.2, -0.15) is 0 Å². The van der Waals surface area contributed by atoms with Crippen molar-refractivity contribution in [3.05, 3.63) is 72.3 Å². The minimum Gasteiger partial charge on any atom is -0.493 e. The van der Waals surface area contributed by atoms with E-state index in [-0.39, 0.29) is 0 Å². The number of carbonyl (C=O) groups is 2. The first-order valence-corrected chi connectivity index (χ1v) is 10.2. The number of hydrogen-bond acceptors (Lipinski definition) is 7. The van der Waals surface area contributed by atoms with Crippen LogP contribution in [-0.2, 0) is 4.79 Å². The van der Waals surface area contributed by atoms with Gasteiger partial charge in [0.05, 0.1) is 31.0 Å². The standard InChI is InChI=1S/C18H18N4O3.C7H6O2/c1-19-18-21-14-9-16(25-3)15(24-2)8-13(14)17(22-18)11-5-4-6-12(7-11)20-10-23;8-7(9)6-4-2-1-3-5-6/h4-10H,1-3H3,(H,20,23)(H,19,21,22);1-5H,(H,8,9). The Hall–Kier alpha value is -4.66. The lowest BCUT2D eigenvalue weighted by atomic mass is 10.1. The van der Waals surface area contributed by atoms with Crippen molar-refractivity contribution in [3.8, 4) is 22.8 Å². The third-order valence-corrected chi connectivity index (χ3v) is 4.81. The van der Waals surface area contributed by atoms with E-state index in [4.69, 9.17) is 14.6 Å². The molecule has 9 heteroatoms. The maximum Gasteiger partial charge on any atom is 0.335 e. The molecule has 0 aliphatic heterocycles. The average molecular weight is 460 g/mol. The second-order valence-corrected chi connectivity index (χ2v) is 6.88. The maximum atomic E-state index is 10.7. The molecule has 34 heavy (non-hydrogen) atoms. The number of hydrogen-bond donors (Lipinski definition) is 3. The van der Waals surface area contributed by atoms with E-state index in [0.29, 0.717) is 35.1 Å². The molecule has 9 nitrogen and oxygen atoms in total. The Balaban J connectivity index is 0.000000302. The molecule has 0 aliphatic carbocycles. The molecule has 0 saturated heterocycles. The predicted octanol–water partition coefficient (Wildman–Crippen LogP) is 4.31. The highest BCUT2D eigenvalue weighted by atomic mass is 16.5. The van der Waals surface area contributed by atoms with Crippen molar-refractivity contribution >= 4 is 34.9 Å². The largest absolute Gasteiger partial charge is 0.493 e. The van der Waals surface area contributed by atoms with Crippen LogP contribution in [0.15, 0.2) is 66.7 Å². The lowest BCUT2D eigenvalue weighted by Crippen LogP contribution is -2.01. The van der Waals surface area contributed by atoms with Crippen LogP contribution >= 0.6 is 0 Å². The number of nitrogens with zero attached hydrogens (tertiary/aromatic N) is 2. The highest BCUT2D eigenvalue weighted by Crippen LogP contribution is 2.36. The van der Waals surface area contributed by atoms with Gasteiger partial charge in [-0.1, -0.05) is 30.3 Å². The van der Waals surface area contributed by atoms with Crippen LogP contribution in [-0.4, -0.2) is 48.7 Å². The van der Waals surface area contributed by atoms with E-state index in [1.807, 2.05) is 36.4 Å². The summed E-state index contributed by atoms with van der Waals surface area (Å²) in [6, 6.07) is 19.4. The van der Waals surface area contributed by atoms with Crippen LogP contribution in [0.3, 0.4) is 0 Å². The fourth-order valence-corrected chi connectivity index (χ4v) is 3.19. The van der Waals surface area contributed by atoms with Crippen LogP contribution in [0.5, 0.6) is 11.5 Å². The van der Waals surface area contributed by atoms with Gasteiger partial charge < -0.3 is 25.2 Å². The molecule has 0 bridgehead atoms. The van der Waals surface area contributed by atoms with Crippen LogP contribution in [0.2, 0.25) is 0 Å². The molecule has 0 spiro atoms. The molecular formula is C25H24N4O5. The predicted molar refractivity (Wildman–Crippen MR) is 131 cm³/mol. The molecule has 0 unspecified atom stereocenters. The third kappa shape index (κ3) is 5.57. The smallest absolute Gasteiger partial charge is 0.335 e. The van der Waals surface area contributed by atoms with Gasteiger partial charge in [-0.3, -0.25) is 4.79 Å². The van der Waals surface area contributed by atoms with Crippen LogP contribution < -0.4 is 20.1 Å². The summed E-state index contributed by atoms with van der Waals surface area (Å²) in [6.07, 6.45) is 0.643. The Bertz CT molecular complexity index is 1300. The number of methoxy groups -OCH3 is 2. The summed E-state index contributed by atoms with van der Waals surface area (Å²) in [7, 11) is 4.93. The van der Waals surface area contributed by atoms with Crippen molar-refractivity contribution in [2.75, 3.05) is 31.9 Å². The van der Waals surface area contributed by atoms with Crippen LogP contribution in [0.4, 0.5) is 11.6 Å². The lowest BCUT2D eigenvalue weighted by molar-refractivity contribution is -0.105. The first-order valence-electron chi connectivity index (χ1n) is 10.2. The number of aromatic nitrogens is 2. The summed E-state index contributed by atoms with van der Waals surface area (Å²) < 4.78 is 10.8. The zero-order chi connectivity index (χ0) is 24.5. The number of ether oxygens (including phenoxy) is 2. The fraction of sp³-hybridized carbons (Fsp3) is 0.120. The number of nitrogens with one attached hydrogen (secondary N) is 2. The van der Waals surface area contributed by atoms with Crippen molar-refractivity contribution in [2.45, 2.75) is 0 Å². The van der Waals surface area contributed by atoms with Gasteiger partial charge in [-0.25, -0.2) is 14.8 Å². The normalized spacial score (nSPS) is 9.97. The maximum absolute atomic E-state index is 10.7. The van der Waals surface area contributed by atoms with Crippen molar-refractivity contribution < 1.29 is 24.2 Å². The molecule has 0 fully saturated rings. The Morgan fingerprint density at radius 3 is 2.24 bits per heavy atom. The molecule has 0 aliphatic rings. The number of fused-ring (bicyclic) bond motifs is 1. The van der Waals surface area contributed by atoms with E-state index >= 15 is 0 Å². The van der Waals surface area contributed by atoms with Crippen molar-refractivity contribution in [1.82, 2.24) is 9.97 Å². The minimum atomic E-state index is -0.879. The molecule has 174 valence electrons. The molecule has 4 aromatic rings. The molecule has 0 saturated carbocycles. The average Bonchev–Trinajstić information content (AvgIpc) is 2.88. The number of anilines is 2. The van der Waals surface area contributed by atoms with E-state index in [0.717, 1.165) is 22.2 Å². The zero-order valence-corrected chi connectivity index (χ0v) is 18.9. The summed E-state index contributed by atoms with van der Waals surface area (Å²) in [6.45, 7) is 0. The molecule has 1 heterocycles. The lowest BCUT2D eigenvalue weighted by Gasteiger charge is -2.13. The van der Waals surface area contributed by atoms with E-state index in [1.165, 1.54) is 0 Å². The fourth-order valence-electron chi connectivity index (χ4n) is 3.19. The second-order valence-electron chi connectivity index (χ2n) is 6.88. The monoisotopic (exact) mass is 460 g/mol. The number of carboxylic acid groups (broad SMARTS) is 1. The first kappa shape index (κ1) is 24.0. The zero-order valence-electron chi connectivity index (χ0n) is 18.9. The molecule has 0 atom stereocenters. The first-order chi connectivity index (χ1) is 16.5. The molecule has 1 aromatic heterocycles. The third-order valence-electron chi connectivity index (χ3n) is 4.81. The summed E-state index contributed by atoms with van der Waals surface area (Å²) in [5.41, 5.74) is 3.32. The van der Waals surface area contributed by atoms with Crippen molar-refractivity contribution in [2.24, 2.45) is 0 Å². The van der Waals surface area contributed by atoms with Crippen LogP contribution in [0.25, 0.3) is 22.2 Å². The van der Waals surface area contributed by atoms with Gasteiger partial charge in [0, 0.05) is 29.8 Å². The van der Waals surface area contributed by atoms with Crippen molar-refractivity contribution in [3.63, 3.8) is 0 Å². The number of aromatic carboxylic acids is 1. The Morgan fingerprint density at radius 1 is 0.941 bits per heavy atom. The summed E-state index contributed by atoms with van der Waals surface area (Å²) in [5.74, 6) is 0.802. The second kappa shape index (κ2) is 11.3. The summed E-state index contributed by atoms with van der Waals surface area (Å²) in [4.78, 5) is 30.0. The van der Waals surface area contributed by atoms with Gasteiger partial charge in [0.2, 0.25) is 12.4 Å². The Labute approximate surface area is 196 Å². The summed E-state index contributed by atoms with van der Waals surface area (Å²) in [5, 5.41) is 14.8. The molecule has 3 N–H and O–H groups in total. The van der Waals surface area contributed by atoms with Crippen molar-refractivity contribution in [1.29, 1.82) is 0 Å². The highest BCUT2D eigenvalue weighted by molar-refractivity contribution is 5.96. The van der Waals surface area contributed by atoms with Crippen LogP contribution in [0, 0.1) is 0 Å². The van der Waals surface area contributed by atoms with Gasteiger partial charge in [-0.05, 0) is 30.3 Å². The SMILES string of the molecule is CNc1nc(-c2cccc(NC=O)c2)c2cc(OC)c(OC)cc2n1.O=C(O)c1ccccc1. The van der Waals surface area contributed by atoms with E-state index < -0.39 is 5.97 Å². The van der Waals surface area contributed by atoms with Gasteiger partial charge in [0.1, 0.15) is 0 Å². The number of benzene rings is 3. The van der Waals surface area contributed by atoms with E-state index in [9.17, 15) is 9.59 Å². The quantitative estimate of drug-likeness (QED) is 0.349. The van der Waals surface area contributed by atoms with Gasteiger partial charge in [0.15, 0.2) is 11.5 Å².